The molecule has 1 heterocycles. The molecule has 29 heavy (non-hydrogen) atoms. The predicted molar refractivity (Wildman–Crippen MR) is 118 cm³/mol. The number of unbranched alkanes of at least 4 members (excludes halogenated alkanes) is 3. The van der Waals surface area contributed by atoms with Crippen LogP contribution in [0.3, 0.4) is 0 Å². The largest absolute Gasteiger partial charge is 0.508 e. The number of carboxylic acids is 1. The zero-order valence-electron chi connectivity index (χ0n) is 17.1. The number of benzene rings is 2. The summed E-state index contributed by atoms with van der Waals surface area (Å²) in [6.45, 7) is 2.09. The van der Waals surface area contributed by atoms with Crippen molar-refractivity contribution in [2.24, 2.45) is 0 Å². The molecule has 1 aromatic heterocycles. The van der Waals surface area contributed by atoms with E-state index >= 15 is 0 Å². The number of aryl methyl sites for hydroxylation is 1. The van der Waals surface area contributed by atoms with Crippen LogP contribution in [0.2, 0.25) is 0 Å². The molecule has 5 nitrogen and oxygen atoms in total. The second kappa shape index (κ2) is 9.41. The summed E-state index contributed by atoms with van der Waals surface area (Å²) < 4.78 is 0. The van der Waals surface area contributed by atoms with Gasteiger partial charge in [0.15, 0.2) is 0 Å². The Morgan fingerprint density at radius 1 is 1.03 bits per heavy atom. The maximum Gasteiger partial charge on any atom is 0.323 e. The van der Waals surface area contributed by atoms with E-state index in [1.54, 1.807) is 24.1 Å². The molecule has 0 saturated carbocycles. The van der Waals surface area contributed by atoms with Crippen molar-refractivity contribution in [1.29, 1.82) is 0 Å². The number of carbonyl (C=O) groups is 1. The van der Waals surface area contributed by atoms with Crippen LogP contribution in [0.1, 0.15) is 38.2 Å². The van der Waals surface area contributed by atoms with Crippen LogP contribution >= 0.6 is 0 Å². The zero-order valence-corrected chi connectivity index (χ0v) is 17.1. The first-order valence-corrected chi connectivity index (χ1v) is 10.1. The van der Waals surface area contributed by atoms with Crippen molar-refractivity contribution >= 4 is 22.7 Å². The van der Waals surface area contributed by atoms with Crippen molar-refractivity contribution in [3.8, 4) is 16.9 Å². The molecular weight excluding hydrogens is 364 g/mol. The molecule has 0 atom stereocenters. The lowest BCUT2D eigenvalue weighted by molar-refractivity contribution is -0.135. The van der Waals surface area contributed by atoms with Gasteiger partial charge in [0.2, 0.25) is 0 Å². The molecule has 0 unspecified atom stereocenters. The highest BCUT2D eigenvalue weighted by Gasteiger charge is 2.13. The van der Waals surface area contributed by atoms with Crippen molar-refractivity contribution < 1.29 is 15.0 Å². The van der Waals surface area contributed by atoms with Crippen molar-refractivity contribution in [1.82, 2.24) is 4.98 Å². The van der Waals surface area contributed by atoms with E-state index in [0.717, 1.165) is 28.5 Å². The molecule has 2 aromatic carbocycles. The average molecular weight is 392 g/mol. The molecule has 3 rings (SSSR count). The second-order valence-corrected chi connectivity index (χ2v) is 7.49. The van der Waals surface area contributed by atoms with E-state index in [4.69, 9.17) is 10.1 Å². The number of aliphatic carboxylic acids is 1. The molecule has 0 fully saturated rings. The van der Waals surface area contributed by atoms with Gasteiger partial charge in [-0.1, -0.05) is 44.4 Å². The Hall–Kier alpha value is -3.08. The van der Waals surface area contributed by atoms with Crippen LogP contribution in [-0.2, 0) is 11.2 Å². The molecule has 0 radical (unpaired) electrons. The van der Waals surface area contributed by atoms with Crippen LogP contribution in [0.25, 0.3) is 22.0 Å². The minimum atomic E-state index is -0.900. The van der Waals surface area contributed by atoms with Gasteiger partial charge in [-0.05, 0) is 59.9 Å². The zero-order chi connectivity index (χ0) is 20.8. The third kappa shape index (κ3) is 5.25. The molecule has 0 saturated heterocycles. The number of rotatable bonds is 9. The molecule has 0 aliphatic heterocycles. The number of aromatic nitrogens is 1. The second-order valence-electron chi connectivity index (χ2n) is 7.49. The number of likely N-dealkylation sites (N-methyl/N-ethyl adjacent to an activating group) is 1. The summed E-state index contributed by atoms with van der Waals surface area (Å²) in [6.07, 6.45) is 5.91. The first kappa shape index (κ1) is 20.6. The Bertz CT molecular complexity index is 983. The van der Waals surface area contributed by atoms with Gasteiger partial charge in [-0.25, -0.2) is 4.98 Å². The molecule has 0 bridgehead atoms. The fourth-order valence-electron chi connectivity index (χ4n) is 3.53. The Balaban J connectivity index is 2.04. The third-order valence-electron chi connectivity index (χ3n) is 5.12. The van der Waals surface area contributed by atoms with Gasteiger partial charge in [0.05, 0.1) is 5.52 Å². The normalized spacial score (nSPS) is 11.0. The Morgan fingerprint density at radius 2 is 1.79 bits per heavy atom. The summed E-state index contributed by atoms with van der Waals surface area (Å²) in [5.41, 5.74) is 4.06. The summed E-state index contributed by atoms with van der Waals surface area (Å²) in [6, 6.07) is 15.3. The number of hydrogen-bond donors (Lipinski definition) is 2. The molecule has 0 amide bonds. The van der Waals surface area contributed by atoms with Crippen molar-refractivity contribution in [2.75, 3.05) is 18.5 Å². The monoisotopic (exact) mass is 392 g/mol. The van der Waals surface area contributed by atoms with E-state index in [-0.39, 0.29) is 12.3 Å². The molecule has 0 aliphatic rings. The van der Waals surface area contributed by atoms with Crippen molar-refractivity contribution in [3.63, 3.8) is 0 Å². The fraction of sp³-hybridized carbons (Fsp3) is 0.333. The van der Waals surface area contributed by atoms with Gasteiger partial charge in [0.1, 0.15) is 18.1 Å². The smallest absolute Gasteiger partial charge is 0.323 e. The maximum absolute atomic E-state index is 11.1. The molecule has 3 aromatic rings. The summed E-state index contributed by atoms with van der Waals surface area (Å²) >= 11 is 0. The van der Waals surface area contributed by atoms with Crippen LogP contribution < -0.4 is 4.90 Å². The van der Waals surface area contributed by atoms with Gasteiger partial charge in [-0.2, -0.15) is 0 Å². The molecular formula is C24H28N2O3. The van der Waals surface area contributed by atoms with Crippen molar-refractivity contribution in [2.45, 2.75) is 39.0 Å². The number of carboxylic acid groups (broad SMARTS) is 1. The summed E-state index contributed by atoms with van der Waals surface area (Å²) in [4.78, 5) is 17.5. The van der Waals surface area contributed by atoms with E-state index in [0.29, 0.717) is 5.82 Å². The predicted octanol–water partition coefficient (Wildman–Crippen LogP) is 5.25. The van der Waals surface area contributed by atoms with Crippen LogP contribution in [0, 0.1) is 0 Å². The third-order valence-corrected chi connectivity index (χ3v) is 5.12. The molecule has 0 spiro atoms. The Morgan fingerprint density at radius 3 is 2.48 bits per heavy atom. The number of nitrogens with zero attached hydrogens (tertiary/aromatic N) is 2. The van der Waals surface area contributed by atoms with Gasteiger partial charge >= 0.3 is 5.97 Å². The summed E-state index contributed by atoms with van der Waals surface area (Å²) in [7, 11) is 1.73. The minimum Gasteiger partial charge on any atom is -0.508 e. The number of anilines is 1. The number of aromatic hydroxyl groups is 1. The van der Waals surface area contributed by atoms with Crippen LogP contribution in [0.5, 0.6) is 5.75 Å². The maximum atomic E-state index is 11.1. The number of phenols is 1. The topological polar surface area (TPSA) is 73.7 Å². The quantitative estimate of drug-likeness (QED) is 0.487. The van der Waals surface area contributed by atoms with Gasteiger partial charge in [-0.15, -0.1) is 0 Å². The first-order chi connectivity index (χ1) is 14.0. The average Bonchev–Trinajstić information content (AvgIpc) is 2.70. The molecule has 0 aliphatic carbocycles. The van der Waals surface area contributed by atoms with Crippen molar-refractivity contribution in [3.05, 3.63) is 54.1 Å². The van der Waals surface area contributed by atoms with E-state index in [2.05, 4.69) is 19.1 Å². The van der Waals surface area contributed by atoms with E-state index in [1.165, 1.54) is 31.2 Å². The highest BCUT2D eigenvalue weighted by Crippen LogP contribution is 2.33. The van der Waals surface area contributed by atoms with Crippen LogP contribution in [0.4, 0.5) is 5.82 Å². The van der Waals surface area contributed by atoms with Gasteiger partial charge < -0.3 is 15.1 Å². The summed E-state index contributed by atoms with van der Waals surface area (Å²) in [5.74, 6) is -0.0754. The summed E-state index contributed by atoms with van der Waals surface area (Å²) in [5, 5.41) is 19.8. The Labute approximate surface area is 171 Å². The first-order valence-electron chi connectivity index (χ1n) is 10.1. The number of pyridine rings is 1. The van der Waals surface area contributed by atoms with Gasteiger partial charge in [0.25, 0.3) is 0 Å². The Kier molecular flexibility index (Phi) is 6.70. The van der Waals surface area contributed by atoms with Gasteiger partial charge in [-0.3, -0.25) is 4.79 Å². The van der Waals surface area contributed by atoms with Crippen LogP contribution in [0.15, 0.2) is 48.5 Å². The van der Waals surface area contributed by atoms with E-state index < -0.39 is 5.97 Å². The molecule has 5 heteroatoms. The highest BCUT2D eigenvalue weighted by atomic mass is 16.4. The number of hydrogen-bond acceptors (Lipinski definition) is 4. The lowest BCUT2D eigenvalue weighted by atomic mass is 9.97. The molecule has 152 valence electrons. The van der Waals surface area contributed by atoms with E-state index in [1.807, 2.05) is 24.3 Å². The minimum absolute atomic E-state index is 0.122. The standard InChI is InChI=1S/C24H28N2O3/c1-3-4-5-6-7-17-8-13-22-21(14-17)20(18-9-11-19(27)12-10-18)15-23(25-22)26(2)16-24(28)29/h8-15,27H,3-7,16H2,1-2H3,(H,28,29). The lowest BCUT2D eigenvalue weighted by Gasteiger charge is -2.19. The number of phenolic OH excluding ortho intramolecular Hbond substituents is 1. The highest BCUT2D eigenvalue weighted by molar-refractivity contribution is 5.96. The molecule has 2 N–H and O–H groups in total. The fourth-order valence-corrected chi connectivity index (χ4v) is 3.53. The van der Waals surface area contributed by atoms with Crippen LogP contribution in [-0.4, -0.2) is 34.8 Å². The number of fused-ring (bicyclic) bond motifs is 1. The van der Waals surface area contributed by atoms with Gasteiger partial charge in [0, 0.05) is 12.4 Å². The van der Waals surface area contributed by atoms with E-state index in [9.17, 15) is 9.90 Å². The lowest BCUT2D eigenvalue weighted by Crippen LogP contribution is -2.26. The SMILES string of the molecule is CCCCCCc1ccc2nc(N(C)CC(=O)O)cc(-c3ccc(O)cc3)c2c1.